The van der Waals surface area contributed by atoms with Crippen molar-refractivity contribution in [2.45, 2.75) is 25.7 Å². The molecule has 1 saturated carbocycles. The van der Waals surface area contributed by atoms with Crippen molar-refractivity contribution in [3.05, 3.63) is 60.2 Å². The molecule has 4 nitrogen and oxygen atoms in total. The van der Waals surface area contributed by atoms with Gasteiger partial charge in [0.15, 0.2) is 0 Å². The summed E-state index contributed by atoms with van der Waals surface area (Å²) in [4.78, 5) is 25.6. The summed E-state index contributed by atoms with van der Waals surface area (Å²) in [6.45, 7) is 1.37. The first-order valence-corrected chi connectivity index (χ1v) is 9.22. The summed E-state index contributed by atoms with van der Waals surface area (Å²) in [6, 6.07) is 18.3. The van der Waals surface area contributed by atoms with Gasteiger partial charge in [-0.15, -0.1) is 0 Å². The number of carbonyl (C=O) groups is 2. The number of amides is 1. The first-order valence-electron chi connectivity index (χ1n) is 9.22. The highest BCUT2D eigenvalue weighted by molar-refractivity contribution is 5.79. The molecule has 134 valence electrons. The van der Waals surface area contributed by atoms with Crippen molar-refractivity contribution in [3.63, 3.8) is 0 Å². The largest absolute Gasteiger partial charge is 0.481 e. The van der Waals surface area contributed by atoms with E-state index in [0.717, 1.165) is 30.4 Å². The molecule has 1 aliphatic heterocycles. The molecule has 1 N–H and O–H groups in total. The number of piperidine rings is 1. The maximum absolute atomic E-state index is 12.6. The van der Waals surface area contributed by atoms with Crippen LogP contribution in [0.3, 0.4) is 0 Å². The topological polar surface area (TPSA) is 57.6 Å². The second-order valence-electron chi connectivity index (χ2n) is 7.58. The summed E-state index contributed by atoms with van der Waals surface area (Å²) >= 11 is 0. The number of carboxylic acids is 1. The Kier molecular flexibility index (Phi) is 4.27. The number of nitrogens with zero attached hydrogens (tertiary/aromatic N) is 1. The second kappa shape index (κ2) is 6.60. The highest BCUT2D eigenvalue weighted by Crippen LogP contribution is 2.59. The molecule has 26 heavy (non-hydrogen) atoms. The van der Waals surface area contributed by atoms with Gasteiger partial charge >= 0.3 is 5.97 Å². The monoisotopic (exact) mass is 349 g/mol. The third kappa shape index (κ3) is 3.24. The molecule has 2 aromatic rings. The van der Waals surface area contributed by atoms with Gasteiger partial charge in [0.05, 0.1) is 12.3 Å². The molecule has 4 heteroatoms. The van der Waals surface area contributed by atoms with Crippen LogP contribution in [0.5, 0.6) is 0 Å². The van der Waals surface area contributed by atoms with E-state index in [1.807, 2.05) is 35.2 Å². The van der Waals surface area contributed by atoms with Crippen LogP contribution in [0, 0.1) is 11.3 Å². The van der Waals surface area contributed by atoms with Crippen LogP contribution in [0.2, 0.25) is 0 Å². The standard InChI is InChI=1S/C22H23NO3/c24-20(23-12-10-22(11-13-23)15-19(22)21(25)26)14-16-6-8-18(9-7-16)17-4-2-1-3-5-17/h1-9,19H,10-15H2,(H,25,26). The molecular formula is C22H23NO3. The summed E-state index contributed by atoms with van der Waals surface area (Å²) in [5.74, 6) is -0.728. The first-order chi connectivity index (χ1) is 12.6. The fourth-order valence-corrected chi connectivity index (χ4v) is 4.18. The van der Waals surface area contributed by atoms with Crippen molar-refractivity contribution >= 4 is 11.9 Å². The smallest absolute Gasteiger partial charge is 0.307 e. The molecule has 2 fully saturated rings. The van der Waals surface area contributed by atoms with Gasteiger partial charge in [0.2, 0.25) is 5.91 Å². The minimum Gasteiger partial charge on any atom is -0.481 e. The van der Waals surface area contributed by atoms with Gasteiger partial charge in [0.25, 0.3) is 0 Å². The Balaban J connectivity index is 1.33. The molecule has 1 unspecified atom stereocenters. The summed E-state index contributed by atoms with van der Waals surface area (Å²) in [7, 11) is 0. The Labute approximate surface area is 153 Å². The van der Waals surface area contributed by atoms with Crippen molar-refractivity contribution in [1.82, 2.24) is 4.90 Å². The van der Waals surface area contributed by atoms with Crippen molar-refractivity contribution in [2.24, 2.45) is 11.3 Å². The summed E-state index contributed by atoms with van der Waals surface area (Å²) in [5, 5.41) is 9.16. The molecule has 0 radical (unpaired) electrons. The molecular weight excluding hydrogens is 326 g/mol. The van der Waals surface area contributed by atoms with Gasteiger partial charge < -0.3 is 10.0 Å². The highest BCUT2D eigenvalue weighted by atomic mass is 16.4. The highest BCUT2D eigenvalue weighted by Gasteiger charge is 2.59. The zero-order chi connectivity index (χ0) is 18.1. The van der Waals surface area contributed by atoms with Crippen LogP contribution in [-0.2, 0) is 16.0 Å². The number of aliphatic carboxylic acids is 1. The van der Waals surface area contributed by atoms with Gasteiger partial charge in [-0.25, -0.2) is 0 Å². The Morgan fingerprint density at radius 3 is 2.15 bits per heavy atom. The summed E-state index contributed by atoms with van der Waals surface area (Å²) < 4.78 is 0. The average Bonchev–Trinajstić information content (AvgIpc) is 3.37. The van der Waals surface area contributed by atoms with Gasteiger partial charge in [0, 0.05) is 13.1 Å². The maximum Gasteiger partial charge on any atom is 0.307 e. The van der Waals surface area contributed by atoms with Gasteiger partial charge in [-0.2, -0.15) is 0 Å². The molecule has 4 rings (SSSR count). The lowest BCUT2D eigenvalue weighted by atomic mass is 9.90. The minimum absolute atomic E-state index is 0.0278. The zero-order valence-electron chi connectivity index (χ0n) is 14.7. The molecule has 2 aromatic carbocycles. The van der Waals surface area contributed by atoms with Gasteiger partial charge in [-0.1, -0.05) is 54.6 Å². The van der Waals surface area contributed by atoms with Crippen LogP contribution in [0.15, 0.2) is 54.6 Å². The molecule has 1 atom stereocenters. The van der Waals surface area contributed by atoms with Crippen LogP contribution in [0.4, 0.5) is 0 Å². The van der Waals surface area contributed by atoms with Crippen LogP contribution in [-0.4, -0.2) is 35.0 Å². The quantitative estimate of drug-likeness (QED) is 0.917. The lowest BCUT2D eigenvalue weighted by Crippen LogP contribution is -2.40. The van der Waals surface area contributed by atoms with Gasteiger partial charge in [0.1, 0.15) is 0 Å². The Morgan fingerprint density at radius 1 is 0.962 bits per heavy atom. The van der Waals surface area contributed by atoms with E-state index in [2.05, 4.69) is 24.3 Å². The first kappa shape index (κ1) is 16.8. The Morgan fingerprint density at radius 2 is 1.58 bits per heavy atom. The van der Waals surface area contributed by atoms with E-state index in [4.69, 9.17) is 5.11 Å². The number of carboxylic acid groups (broad SMARTS) is 1. The predicted molar refractivity (Wildman–Crippen MR) is 99.6 cm³/mol. The van der Waals surface area contributed by atoms with Crippen molar-refractivity contribution < 1.29 is 14.7 Å². The molecule has 0 aromatic heterocycles. The molecule has 1 amide bonds. The van der Waals surface area contributed by atoms with Gasteiger partial charge in [-0.05, 0) is 41.4 Å². The molecule has 2 aliphatic rings. The fraction of sp³-hybridized carbons (Fsp3) is 0.364. The van der Waals surface area contributed by atoms with Crippen molar-refractivity contribution in [1.29, 1.82) is 0 Å². The fourth-order valence-electron chi connectivity index (χ4n) is 4.18. The van der Waals surface area contributed by atoms with Crippen LogP contribution >= 0.6 is 0 Å². The zero-order valence-corrected chi connectivity index (χ0v) is 14.7. The average molecular weight is 349 g/mol. The summed E-state index contributed by atoms with van der Waals surface area (Å²) in [6.07, 6.45) is 2.83. The van der Waals surface area contributed by atoms with E-state index >= 15 is 0 Å². The van der Waals surface area contributed by atoms with E-state index in [0.29, 0.717) is 19.5 Å². The molecule has 1 spiro atoms. The number of hydrogen-bond acceptors (Lipinski definition) is 2. The molecule has 1 aliphatic carbocycles. The normalized spacial score (nSPS) is 20.8. The Hall–Kier alpha value is -2.62. The van der Waals surface area contributed by atoms with E-state index < -0.39 is 5.97 Å². The number of carbonyl (C=O) groups excluding carboxylic acids is 1. The lowest BCUT2D eigenvalue weighted by molar-refractivity contribution is -0.139. The Bertz CT molecular complexity index is 805. The van der Waals surface area contributed by atoms with E-state index in [-0.39, 0.29) is 17.2 Å². The van der Waals surface area contributed by atoms with Crippen molar-refractivity contribution in [3.8, 4) is 11.1 Å². The number of hydrogen-bond donors (Lipinski definition) is 1. The second-order valence-corrected chi connectivity index (χ2v) is 7.58. The third-order valence-corrected chi connectivity index (χ3v) is 6.02. The maximum atomic E-state index is 12.6. The molecule has 0 bridgehead atoms. The SMILES string of the molecule is O=C(O)C1CC12CCN(C(=O)Cc1ccc(-c3ccccc3)cc1)CC2. The third-order valence-electron chi connectivity index (χ3n) is 6.02. The van der Waals surface area contributed by atoms with Gasteiger partial charge in [-0.3, -0.25) is 9.59 Å². The molecule has 1 saturated heterocycles. The minimum atomic E-state index is -0.678. The number of rotatable bonds is 4. The van der Waals surface area contributed by atoms with E-state index in [1.54, 1.807) is 0 Å². The van der Waals surface area contributed by atoms with Crippen LogP contribution in [0.1, 0.15) is 24.8 Å². The number of benzene rings is 2. The van der Waals surface area contributed by atoms with Crippen LogP contribution in [0.25, 0.3) is 11.1 Å². The molecule has 1 heterocycles. The van der Waals surface area contributed by atoms with Crippen molar-refractivity contribution in [2.75, 3.05) is 13.1 Å². The number of likely N-dealkylation sites (tertiary alicyclic amines) is 1. The summed E-state index contributed by atoms with van der Waals surface area (Å²) in [5.41, 5.74) is 3.31. The van der Waals surface area contributed by atoms with E-state index in [1.165, 1.54) is 5.56 Å². The van der Waals surface area contributed by atoms with E-state index in [9.17, 15) is 9.59 Å². The van der Waals surface area contributed by atoms with Crippen LogP contribution < -0.4 is 0 Å². The predicted octanol–water partition coefficient (Wildman–Crippen LogP) is 3.61. The lowest BCUT2D eigenvalue weighted by Gasteiger charge is -2.32.